The Hall–Kier alpha value is -6.97. The zero-order chi connectivity index (χ0) is 34.7. The third-order valence-electron chi connectivity index (χ3n) is 9.55. The molecule has 3 nitrogen and oxygen atoms in total. The van der Waals surface area contributed by atoms with Gasteiger partial charge in [0.2, 0.25) is 0 Å². The maximum atomic E-state index is 5.01. The Morgan fingerprint density at radius 3 is 1.29 bits per heavy atom. The molecular weight excluding hydrogens is 631 g/mol. The Kier molecular flexibility index (Phi) is 8.20. The van der Waals surface area contributed by atoms with Gasteiger partial charge in [-0.1, -0.05) is 194 Å². The number of rotatable bonds is 7. The fourth-order valence-corrected chi connectivity index (χ4v) is 7.02. The van der Waals surface area contributed by atoms with Crippen molar-refractivity contribution in [3.05, 3.63) is 200 Å². The van der Waals surface area contributed by atoms with E-state index in [2.05, 4.69) is 140 Å². The van der Waals surface area contributed by atoms with Crippen molar-refractivity contribution in [1.82, 2.24) is 15.0 Å². The van der Waals surface area contributed by atoms with Crippen molar-refractivity contribution in [2.45, 2.75) is 0 Å². The van der Waals surface area contributed by atoms with Gasteiger partial charge in [-0.05, 0) is 61.3 Å². The summed E-state index contributed by atoms with van der Waals surface area (Å²) in [4.78, 5) is 14.9. The molecule has 0 bridgehead atoms. The Bertz CT molecular complexity index is 2590. The number of hydrogen-bond acceptors (Lipinski definition) is 3. The van der Waals surface area contributed by atoms with Crippen molar-refractivity contribution >= 4 is 10.8 Å². The van der Waals surface area contributed by atoms with E-state index in [4.69, 9.17) is 15.0 Å². The predicted octanol–water partition coefficient (Wildman–Crippen LogP) is 12.7. The lowest BCUT2D eigenvalue weighted by atomic mass is 9.86. The third kappa shape index (κ3) is 6.06. The van der Waals surface area contributed by atoms with Gasteiger partial charge in [-0.15, -0.1) is 0 Å². The van der Waals surface area contributed by atoms with E-state index in [1.165, 1.54) is 38.6 Å². The molecule has 0 atom stereocenters. The van der Waals surface area contributed by atoms with Crippen molar-refractivity contribution in [3.63, 3.8) is 0 Å². The molecule has 0 N–H and O–H groups in total. The van der Waals surface area contributed by atoms with Crippen LogP contribution < -0.4 is 0 Å². The highest BCUT2D eigenvalue weighted by Gasteiger charge is 2.17. The zero-order valence-electron chi connectivity index (χ0n) is 28.4. The van der Waals surface area contributed by atoms with Crippen LogP contribution in [0.1, 0.15) is 0 Å². The quantitative estimate of drug-likeness (QED) is 0.170. The highest BCUT2D eigenvalue weighted by Crippen LogP contribution is 2.41. The van der Waals surface area contributed by atoms with Crippen LogP contribution in [0.3, 0.4) is 0 Å². The van der Waals surface area contributed by atoms with Crippen molar-refractivity contribution in [2.24, 2.45) is 0 Å². The van der Waals surface area contributed by atoms with Crippen molar-refractivity contribution in [1.29, 1.82) is 0 Å². The van der Waals surface area contributed by atoms with E-state index in [1.54, 1.807) is 0 Å². The van der Waals surface area contributed by atoms with Crippen LogP contribution in [0, 0.1) is 0 Å². The summed E-state index contributed by atoms with van der Waals surface area (Å²) < 4.78 is 0. The average Bonchev–Trinajstić information content (AvgIpc) is 3.24. The normalized spacial score (nSPS) is 11.1. The number of hydrogen-bond donors (Lipinski definition) is 0. The molecule has 0 saturated carbocycles. The number of nitrogens with zero attached hydrogens (tertiary/aromatic N) is 3. The van der Waals surface area contributed by atoms with E-state index < -0.39 is 0 Å². The molecule has 0 aliphatic heterocycles. The molecule has 1 heterocycles. The van der Waals surface area contributed by atoms with Crippen LogP contribution in [0.2, 0.25) is 0 Å². The summed E-state index contributed by atoms with van der Waals surface area (Å²) in [6.07, 6.45) is 0. The van der Waals surface area contributed by atoms with Gasteiger partial charge in [-0.25, -0.2) is 15.0 Å². The first-order valence-electron chi connectivity index (χ1n) is 17.5. The lowest BCUT2D eigenvalue weighted by Crippen LogP contribution is -2.00. The van der Waals surface area contributed by atoms with Gasteiger partial charge in [0, 0.05) is 16.7 Å². The lowest BCUT2D eigenvalue weighted by Gasteiger charge is -2.17. The Labute approximate surface area is 303 Å². The monoisotopic (exact) mass is 663 g/mol. The minimum absolute atomic E-state index is 0.635. The Balaban J connectivity index is 1.16. The highest BCUT2D eigenvalue weighted by atomic mass is 15.0. The molecule has 244 valence electrons. The van der Waals surface area contributed by atoms with Crippen LogP contribution in [0.25, 0.3) is 89.4 Å². The Morgan fingerprint density at radius 2 is 0.654 bits per heavy atom. The molecule has 0 aliphatic rings. The van der Waals surface area contributed by atoms with Crippen molar-refractivity contribution in [2.75, 3.05) is 0 Å². The summed E-state index contributed by atoms with van der Waals surface area (Å²) in [5, 5.41) is 2.50. The fourth-order valence-electron chi connectivity index (χ4n) is 7.02. The van der Waals surface area contributed by atoms with Crippen LogP contribution >= 0.6 is 0 Å². The molecular formula is C49H33N3. The average molecular weight is 664 g/mol. The highest BCUT2D eigenvalue weighted by molar-refractivity contribution is 5.98. The minimum atomic E-state index is 0.635. The number of benzene rings is 8. The largest absolute Gasteiger partial charge is 0.208 e. The van der Waals surface area contributed by atoms with Gasteiger partial charge in [0.1, 0.15) is 0 Å². The molecule has 1 aromatic heterocycles. The van der Waals surface area contributed by atoms with E-state index in [1.807, 2.05) is 60.7 Å². The van der Waals surface area contributed by atoms with Gasteiger partial charge in [-0.2, -0.15) is 0 Å². The van der Waals surface area contributed by atoms with E-state index in [9.17, 15) is 0 Å². The Morgan fingerprint density at radius 1 is 0.250 bits per heavy atom. The van der Waals surface area contributed by atoms with Crippen LogP contribution in [0.5, 0.6) is 0 Å². The van der Waals surface area contributed by atoms with Gasteiger partial charge in [0.15, 0.2) is 17.5 Å². The third-order valence-corrected chi connectivity index (χ3v) is 9.55. The molecule has 8 aromatic carbocycles. The molecule has 0 spiro atoms. The zero-order valence-corrected chi connectivity index (χ0v) is 28.4. The molecule has 0 unspecified atom stereocenters. The standard InChI is InChI=1S/C49H33N3/c1-4-16-37(17-5-1)46-44(36-31-29-35(30-32-36)43-26-13-22-34-15-10-11-25-42(34)43)27-14-28-45(46)40-23-12-24-41(33-40)49-51-47(38-18-6-2-7-19-38)50-48(52-49)39-20-8-3-9-21-39/h1-33H. The van der Waals surface area contributed by atoms with Crippen molar-refractivity contribution in [3.8, 4) is 78.7 Å². The molecule has 52 heavy (non-hydrogen) atoms. The van der Waals surface area contributed by atoms with Crippen molar-refractivity contribution < 1.29 is 0 Å². The van der Waals surface area contributed by atoms with E-state index in [0.717, 1.165) is 33.4 Å². The maximum Gasteiger partial charge on any atom is 0.164 e. The van der Waals surface area contributed by atoms with Gasteiger partial charge in [0.05, 0.1) is 0 Å². The van der Waals surface area contributed by atoms with Gasteiger partial charge in [0.25, 0.3) is 0 Å². The topological polar surface area (TPSA) is 38.7 Å². The molecule has 0 amide bonds. The lowest BCUT2D eigenvalue weighted by molar-refractivity contribution is 1.07. The minimum Gasteiger partial charge on any atom is -0.208 e. The molecule has 3 heteroatoms. The first-order valence-corrected chi connectivity index (χ1v) is 17.5. The first-order chi connectivity index (χ1) is 25.8. The molecule has 0 fully saturated rings. The molecule has 0 aliphatic carbocycles. The second kappa shape index (κ2) is 13.7. The van der Waals surface area contributed by atoms with Gasteiger partial charge >= 0.3 is 0 Å². The smallest absolute Gasteiger partial charge is 0.164 e. The first kappa shape index (κ1) is 31.0. The number of aromatic nitrogens is 3. The van der Waals surface area contributed by atoms with Gasteiger partial charge < -0.3 is 0 Å². The summed E-state index contributed by atoms with van der Waals surface area (Å²) >= 11 is 0. The van der Waals surface area contributed by atoms with E-state index in [0.29, 0.717) is 17.5 Å². The van der Waals surface area contributed by atoms with Crippen LogP contribution in [0.4, 0.5) is 0 Å². The molecule has 9 aromatic rings. The fraction of sp³-hybridized carbons (Fsp3) is 0. The summed E-state index contributed by atoms with van der Waals surface area (Å²) in [5.41, 5.74) is 12.2. The summed E-state index contributed by atoms with van der Waals surface area (Å²) in [6.45, 7) is 0. The van der Waals surface area contributed by atoms with Gasteiger partial charge in [-0.3, -0.25) is 0 Å². The molecule has 0 radical (unpaired) electrons. The summed E-state index contributed by atoms with van der Waals surface area (Å²) in [6, 6.07) is 70.1. The second-order valence-corrected chi connectivity index (χ2v) is 12.8. The predicted molar refractivity (Wildman–Crippen MR) is 215 cm³/mol. The van der Waals surface area contributed by atoms with Crippen LogP contribution in [0.15, 0.2) is 200 Å². The maximum absolute atomic E-state index is 5.01. The SMILES string of the molecule is c1ccc(-c2nc(-c3ccccc3)nc(-c3cccc(-c4cccc(-c5ccc(-c6cccc7ccccc67)cc5)c4-c4ccccc4)c3)n2)cc1. The summed E-state index contributed by atoms with van der Waals surface area (Å²) in [5.74, 6) is 1.93. The second-order valence-electron chi connectivity index (χ2n) is 12.8. The van der Waals surface area contributed by atoms with E-state index in [-0.39, 0.29) is 0 Å². The van der Waals surface area contributed by atoms with E-state index >= 15 is 0 Å². The summed E-state index contributed by atoms with van der Waals surface area (Å²) in [7, 11) is 0. The number of fused-ring (bicyclic) bond motifs is 1. The molecule has 9 rings (SSSR count). The van der Waals surface area contributed by atoms with Crippen LogP contribution in [-0.4, -0.2) is 15.0 Å². The molecule has 0 saturated heterocycles. The van der Waals surface area contributed by atoms with Crippen LogP contribution in [-0.2, 0) is 0 Å².